The highest BCUT2D eigenvalue weighted by Gasteiger charge is 2.27. The molecule has 0 aliphatic heterocycles. The number of nitrogens with zero attached hydrogens (tertiary/aromatic N) is 1. The van der Waals surface area contributed by atoms with E-state index in [1.54, 1.807) is 0 Å². The number of carbonyl (C=O) groups is 1. The monoisotopic (exact) mass is 232 g/mol. The van der Waals surface area contributed by atoms with Crippen LogP contribution in [0.4, 0.5) is 5.69 Å². The fourth-order valence-electron chi connectivity index (χ4n) is 2.03. The van der Waals surface area contributed by atoms with E-state index in [0.29, 0.717) is 0 Å². The Hall–Kier alpha value is -1.51. The minimum atomic E-state index is 0.143. The van der Waals surface area contributed by atoms with Gasteiger partial charge in [-0.05, 0) is 37.8 Å². The second kappa shape index (κ2) is 5.21. The van der Waals surface area contributed by atoms with Gasteiger partial charge in [-0.3, -0.25) is 4.79 Å². The Balaban J connectivity index is 2.15. The lowest BCUT2D eigenvalue weighted by atomic mass is 10.1. The number of para-hydroxylation sites is 1. The van der Waals surface area contributed by atoms with Gasteiger partial charge in [0.25, 0.3) is 5.91 Å². The van der Waals surface area contributed by atoms with Crippen LogP contribution in [0.1, 0.15) is 30.1 Å². The van der Waals surface area contributed by atoms with Crippen molar-refractivity contribution in [2.24, 2.45) is 5.92 Å². The Kier molecular flexibility index (Phi) is 3.67. The first-order chi connectivity index (χ1) is 8.26. The zero-order valence-electron chi connectivity index (χ0n) is 10.6. The average Bonchev–Trinajstić information content (AvgIpc) is 3.19. The van der Waals surface area contributed by atoms with Crippen LogP contribution >= 0.6 is 0 Å². The van der Waals surface area contributed by atoms with Crippen molar-refractivity contribution in [1.29, 1.82) is 0 Å². The zero-order chi connectivity index (χ0) is 12.3. The van der Waals surface area contributed by atoms with Crippen LogP contribution < -0.4 is 5.32 Å². The van der Waals surface area contributed by atoms with Crippen LogP contribution in [-0.4, -0.2) is 30.9 Å². The summed E-state index contributed by atoms with van der Waals surface area (Å²) in [4.78, 5) is 14.4. The molecule has 0 radical (unpaired) electrons. The molecule has 0 saturated heterocycles. The molecule has 1 fully saturated rings. The SMILES string of the molecule is CCN(CC1CC1)C(=O)c1ccccc1NC. The average molecular weight is 232 g/mol. The lowest BCUT2D eigenvalue weighted by Gasteiger charge is -2.22. The van der Waals surface area contributed by atoms with E-state index in [4.69, 9.17) is 0 Å². The van der Waals surface area contributed by atoms with Gasteiger partial charge < -0.3 is 10.2 Å². The fraction of sp³-hybridized carbons (Fsp3) is 0.500. The summed E-state index contributed by atoms with van der Waals surface area (Å²) in [5.74, 6) is 0.880. The van der Waals surface area contributed by atoms with E-state index < -0.39 is 0 Å². The second-order valence-corrected chi connectivity index (χ2v) is 4.58. The highest BCUT2D eigenvalue weighted by atomic mass is 16.2. The zero-order valence-corrected chi connectivity index (χ0v) is 10.6. The third-order valence-corrected chi connectivity index (χ3v) is 3.27. The van der Waals surface area contributed by atoms with Gasteiger partial charge >= 0.3 is 0 Å². The molecule has 1 saturated carbocycles. The highest BCUT2D eigenvalue weighted by Crippen LogP contribution is 2.30. The molecule has 0 unspecified atom stereocenters. The molecular formula is C14H20N2O. The second-order valence-electron chi connectivity index (χ2n) is 4.58. The van der Waals surface area contributed by atoms with E-state index in [0.717, 1.165) is 30.3 Å². The van der Waals surface area contributed by atoms with Crippen LogP contribution in [0.3, 0.4) is 0 Å². The largest absolute Gasteiger partial charge is 0.387 e. The van der Waals surface area contributed by atoms with Crippen molar-refractivity contribution in [3.8, 4) is 0 Å². The standard InChI is InChI=1S/C14H20N2O/c1-3-16(10-11-8-9-11)14(17)12-6-4-5-7-13(12)15-2/h4-7,11,15H,3,8-10H2,1-2H3. The molecule has 17 heavy (non-hydrogen) atoms. The molecule has 1 aromatic rings. The van der Waals surface area contributed by atoms with Gasteiger partial charge in [-0.15, -0.1) is 0 Å². The van der Waals surface area contributed by atoms with Crippen molar-refractivity contribution in [2.75, 3.05) is 25.5 Å². The molecule has 3 heteroatoms. The number of hydrogen-bond donors (Lipinski definition) is 1. The van der Waals surface area contributed by atoms with Crippen LogP contribution in [-0.2, 0) is 0 Å². The molecule has 92 valence electrons. The van der Waals surface area contributed by atoms with E-state index in [9.17, 15) is 4.79 Å². The summed E-state index contributed by atoms with van der Waals surface area (Å²) in [5, 5.41) is 3.08. The third kappa shape index (κ3) is 2.78. The van der Waals surface area contributed by atoms with Crippen molar-refractivity contribution >= 4 is 11.6 Å². The molecule has 1 aliphatic carbocycles. The summed E-state index contributed by atoms with van der Waals surface area (Å²) in [7, 11) is 1.85. The van der Waals surface area contributed by atoms with E-state index >= 15 is 0 Å². The van der Waals surface area contributed by atoms with Crippen molar-refractivity contribution in [1.82, 2.24) is 4.90 Å². The first kappa shape index (κ1) is 12.0. The van der Waals surface area contributed by atoms with Crippen LogP contribution in [0.15, 0.2) is 24.3 Å². The first-order valence-electron chi connectivity index (χ1n) is 6.32. The minimum absolute atomic E-state index is 0.143. The summed E-state index contributed by atoms with van der Waals surface area (Å²) in [6.45, 7) is 3.74. The Morgan fingerprint density at radius 3 is 2.71 bits per heavy atom. The van der Waals surface area contributed by atoms with Gasteiger partial charge in [-0.25, -0.2) is 0 Å². The van der Waals surface area contributed by atoms with Gasteiger partial charge in [-0.2, -0.15) is 0 Å². The van der Waals surface area contributed by atoms with Crippen LogP contribution in [0.2, 0.25) is 0 Å². The highest BCUT2D eigenvalue weighted by molar-refractivity contribution is 5.99. The van der Waals surface area contributed by atoms with Crippen molar-refractivity contribution in [3.05, 3.63) is 29.8 Å². The summed E-state index contributed by atoms with van der Waals surface area (Å²) in [6.07, 6.45) is 2.55. The molecule has 1 N–H and O–H groups in total. The summed E-state index contributed by atoms with van der Waals surface area (Å²) in [6, 6.07) is 7.70. The van der Waals surface area contributed by atoms with Crippen LogP contribution in [0.5, 0.6) is 0 Å². The van der Waals surface area contributed by atoms with Crippen molar-refractivity contribution in [2.45, 2.75) is 19.8 Å². The molecule has 2 rings (SSSR count). The normalized spacial score (nSPS) is 14.5. The summed E-state index contributed by atoms with van der Waals surface area (Å²) < 4.78 is 0. The van der Waals surface area contributed by atoms with Gasteiger partial charge in [0.15, 0.2) is 0 Å². The maximum absolute atomic E-state index is 12.4. The Labute approximate surface area is 103 Å². The third-order valence-electron chi connectivity index (χ3n) is 3.27. The lowest BCUT2D eigenvalue weighted by Crippen LogP contribution is -2.33. The number of carbonyl (C=O) groups excluding carboxylic acids is 1. The first-order valence-corrected chi connectivity index (χ1v) is 6.32. The van der Waals surface area contributed by atoms with E-state index in [1.165, 1.54) is 12.8 Å². The molecule has 0 aromatic heterocycles. The molecule has 0 atom stereocenters. The summed E-state index contributed by atoms with van der Waals surface area (Å²) >= 11 is 0. The van der Waals surface area contributed by atoms with E-state index in [2.05, 4.69) is 5.32 Å². The molecule has 1 aliphatic rings. The smallest absolute Gasteiger partial charge is 0.255 e. The van der Waals surface area contributed by atoms with Crippen molar-refractivity contribution < 1.29 is 4.79 Å². The van der Waals surface area contributed by atoms with Crippen molar-refractivity contribution in [3.63, 3.8) is 0 Å². The number of nitrogens with one attached hydrogen (secondary N) is 1. The van der Waals surface area contributed by atoms with E-state index in [1.807, 2.05) is 43.1 Å². The molecular weight excluding hydrogens is 212 g/mol. The topological polar surface area (TPSA) is 32.3 Å². The van der Waals surface area contributed by atoms with Gasteiger partial charge in [-0.1, -0.05) is 12.1 Å². The fourth-order valence-corrected chi connectivity index (χ4v) is 2.03. The number of amides is 1. The molecule has 1 aromatic carbocycles. The predicted octanol–water partition coefficient (Wildman–Crippen LogP) is 2.60. The van der Waals surface area contributed by atoms with Gasteiger partial charge in [0.05, 0.1) is 5.56 Å². The number of hydrogen-bond acceptors (Lipinski definition) is 2. The van der Waals surface area contributed by atoms with Gasteiger partial charge in [0, 0.05) is 25.8 Å². The Bertz CT molecular complexity index is 399. The quantitative estimate of drug-likeness (QED) is 0.846. The Morgan fingerprint density at radius 1 is 1.41 bits per heavy atom. The molecule has 3 nitrogen and oxygen atoms in total. The lowest BCUT2D eigenvalue weighted by molar-refractivity contribution is 0.0758. The number of rotatable bonds is 5. The maximum atomic E-state index is 12.4. The van der Waals surface area contributed by atoms with Gasteiger partial charge in [0.1, 0.15) is 0 Å². The van der Waals surface area contributed by atoms with Crippen LogP contribution in [0, 0.1) is 5.92 Å². The molecule has 0 bridgehead atoms. The van der Waals surface area contributed by atoms with Crippen LogP contribution in [0.25, 0.3) is 0 Å². The molecule has 0 spiro atoms. The van der Waals surface area contributed by atoms with Gasteiger partial charge in [0.2, 0.25) is 0 Å². The van der Waals surface area contributed by atoms with E-state index in [-0.39, 0.29) is 5.91 Å². The summed E-state index contributed by atoms with van der Waals surface area (Å²) in [5.41, 5.74) is 1.68. The predicted molar refractivity (Wildman–Crippen MR) is 70.3 cm³/mol. The number of anilines is 1. The maximum Gasteiger partial charge on any atom is 0.255 e. The minimum Gasteiger partial charge on any atom is -0.387 e. The number of benzene rings is 1. The molecule has 1 amide bonds. The Morgan fingerprint density at radius 2 is 2.12 bits per heavy atom. The molecule has 0 heterocycles.